The van der Waals surface area contributed by atoms with E-state index in [1.807, 2.05) is 0 Å². The highest BCUT2D eigenvalue weighted by Crippen LogP contribution is 2.43. The summed E-state index contributed by atoms with van der Waals surface area (Å²) in [6, 6.07) is 6.97. The molecule has 1 atom stereocenters. The maximum Gasteiger partial charge on any atom is 0.192 e. The Kier molecular flexibility index (Phi) is 9.88. The largest absolute Gasteiger partial charge is 0.410 e. The molecule has 5 heteroatoms. The molecular weight excluding hydrogens is 439 g/mol. The van der Waals surface area contributed by atoms with Crippen LogP contribution < -0.4 is 0 Å². The molecule has 1 nitrogen and oxygen atoms in total. The Morgan fingerprint density at radius 3 is 2.00 bits per heavy atom. The quantitative estimate of drug-likeness (QED) is 0.304. The molecule has 0 aromatic heterocycles. The van der Waals surface area contributed by atoms with E-state index in [1.54, 1.807) is 12.1 Å². The minimum atomic E-state index is -1.78. The third-order valence-electron chi connectivity index (χ3n) is 7.23. The smallest absolute Gasteiger partial charge is 0.192 e. The van der Waals surface area contributed by atoms with Gasteiger partial charge >= 0.3 is 0 Å². The number of benzene rings is 1. The first-order chi connectivity index (χ1) is 13.6. The van der Waals surface area contributed by atoms with Crippen LogP contribution in [0.5, 0.6) is 0 Å². The zero-order chi connectivity index (χ0) is 21.7. The van der Waals surface area contributed by atoms with Crippen molar-refractivity contribution in [1.29, 1.82) is 0 Å². The zero-order valence-electron chi connectivity index (χ0n) is 18.9. The van der Waals surface area contributed by atoms with Gasteiger partial charge in [0.15, 0.2) is 8.32 Å². The molecule has 1 unspecified atom stereocenters. The van der Waals surface area contributed by atoms with Crippen molar-refractivity contribution in [2.45, 2.75) is 104 Å². The van der Waals surface area contributed by atoms with Crippen LogP contribution in [0.3, 0.4) is 0 Å². The molecule has 0 bridgehead atoms. The van der Waals surface area contributed by atoms with Gasteiger partial charge in [0, 0.05) is 20.6 Å². The molecule has 0 radical (unpaired) electrons. The van der Waals surface area contributed by atoms with E-state index in [0.29, 0.717) is 20.5 Å². The summed E-state index contributed by atoms with van der Waals surface area (Å²) in [5, 5.41) is 1.86. The van der Waals surface area contributed by atoms with Crippen molar-refractivity contribution < 1.29 is 4.43 Å². The van der Waals surface area contributed by atoms with Crippen LogP contribution in [0.15, 0.2) is 12.1 Å². The van der Waals surface area contributed by atoms with Crippen molar-refractivity contribution in [3.63, 3.8) is 0 Å². The minimum absolute atomic E-state index is 0.0289. The van der Waals surface area contributed by atoms with Crippen LogP contribution in [0.1, 0.15) is 91.2 Å². The summed E-state index contributed by atoms with van der Waals surface area (Å²) < 4.78 is 6.92. The summed E-state index contributed by atoms with van der Waals surface area (Å²) in [5.41, 5.74) is 1.47. The summed E-state index contributed by atoms with van der Waals surface area (Å²) >= 11 is 19.4. The standard InChI is InChI=1S/C24H39Cl3OSi/c1-6-29(7-2,8-3)28-22(23-20(26)16-19(25)17-21(23)27)11-9-10-18-12-14-24(4,5)15-13-18/h16-18,22H,6-15H2,1-5H3. The molecule has 29 heavy (non-hydrogen) atoms. The normalized spacial score (nSPS) is 18.8. The molecule has 2 rings (SSSR count). The van der Waals surface area contributed by atoms with Gasteiger partial charge in [-0.3, -0.25) is 0 Å². The summed E-state index contributed by atoms with van der Waals surface area (Å²) in [6.07, 6.45) is 8.81. The maximum atomic E-state index is 6.92. The molecule has 1 aromatic carbocycles. The number of hydrogen-bond acceptors (Lipinski definition) is 1. The van der Waals surface area contributed by atoms with E-state index in [4.69, 9.17) is 39.2 Å². The Hall–Kier alpha value is 0.267. The van der Waals surface area contributed by atoms with Crippen molar-refractivity contribution in [2.24, 2.45) is 11.3 Å². The highest BCUT2D eigenvalue weighted by atomic mass is 35.5. The Bertz CT molecular complexity index is 616. The van der Waals surface area contributed by atoms with Crippen LogP contribution in [0, 0.1) is 11.3 Å². The Morgan fingerprint density at radius 2 is 1.52 bits per heavy atom. The first-order valence-electron chi connectivity index (χ1n) is 11.5. The highest BCUT2D eigenvalue weighted by molar-refractivity contribution is 6.73. The average molecular weight is 478 g/mol. The molecule has 0 heterocycles. The van der Waals surface area contributed by atoms with Crippen molar-refractivity contribution in [2.75, 3.05) is 0 Å². The SMILES string of the molecule is CC[Si](CC)(CC)OC(CCCC1CCC(C)(C)CC1)c1c(Cl)cc(Cl)cc1Cl. The van der Waals surface area contributed by atoms with Gasteiger partial charge in [0.2, 0.25) is 0 Å². The van der Waals surface area contributed by atoms with Crippen molar-refractivity contribution >= 4 is 43.1 Å². The molecule has 1 aromatic rings. The molecule has 1 aliphatic rings. The van der Waals surface area contributed by atoms with Crippen molar-refractivity contribution in [3.8, 4) is 0 Å². The van der Waals surface area contributed by atoms with E-state index in [2.05, 4.69) is 34.6 Å². The molecule has 1 fully saturated rings. The molecule has 0 amide bonds. The van der Waals surface area contributed by atoms with Gasteiger partial charge < -0.3 is 4.43 Å². The lowest BCUT2D eigenvalue weighted by Gasteiger charge is -2.36. The molecule has 0 spiro atoms. The Labute approximate surface area is 195 Å². The van der Waals surface area contributed by atoms with Gasteiger partial charge in [0.25, 0.3) is 0 Å². The van der Waals surface area contributed by atoms with Crippen LogP contribution in [-0.2, 0) is 4.43 Å². The topological polar surface area (TPSA) is 9.23 Å². The zero-order valence-corrected chi connectivity index (χ0v) is 22.2. The lowest BCUT2D eigenvalue weighted by molar-refractivity contribution is 0.157. The minimum Gasteiger partial charge on any atom is -0.410 e. The van der Waals surface area contributed by atoms with Crippen molar-refractivity contribution in [1.82, 2.24) is 0 Å². The molecule has 1 saturated carbocycles. The van der Waals surface area contributed by atoms with Crippen molar-refractivity contribution in [3.05, 3.63) is 32.8 Å². The monoisotopic (exact) mass is 476 g/mol. The second-order valence-corrected chi connectivity index (χ2v) is 15.6. The van der Waals surface area contributed by atoms with Crippen LogP contribution >= 0.6 is 34.8 Å². The fraction of sp³-hybridized carbons (Fsp3) is 0.750. The molecule has 166 valence electrons. The Morgan fingerprint density at radius 1 is 1.00 bits per heavy atom. The fourth-order valence-corrected chi connectivity index (χ4v) is 8.66. The lowest BCUT2D eigenvalue weighted by Crippen LogP contribution is -2.37. The van der Waals surface area contributed by atoms with E-state index < -0.39 is 8.32 Å². The Balaban J connectivity index is 2.13. The first kappa shape index (κ1) is 25.5. The van der Waals surface area contributed by atoms with Crippen LogP contribution in [0.2, 0.25) is 33.2 Å². The van der Waals surface area contributed by atoms with Gasteiger partial charge in [-0.05, 0) is 73.7 Å². The van der Waals surface area contributed by atoms with Gasteiger partial charge in [0.05, 0.1) is 6.10 Å². The highest BCUT2D eigenvalue weighted by Gasteiger charge is 2.34. The maximum absolute atomic E-state index is 6.92. The number of hydrogen-bond donors (Lipinski definition) is 0. The summed E-state index contributed by atoms with van der Waals surface area (Å²) in [7, 11) is -1.78. The van der Waals surface area contributed by atoms with Crippen LogP contribution in [0.25, 0.3) is 0 Å². The second kappa shape index (κ2) is 11.2. The fourth-order valence-electron chi connectivity index (χ4n) is 4.76. The third kappa shape index (κ3) is 7.14. The predicted octanol–water partition coefficient (Wildman–Crippen LogP) is 10.1. The third-order valence-corrected chi connectivity index (χ3v) is 12.7. The molecule has 0 aliphatic heterocycles. The van der Waals surface area contributed by atoms with Crippen LogP contribution in [0.4, 0.5) is 0 Å². The van der Waals surface area contributed by atoms with E-state index >= 15 is 0 Å². The van der Waals surface area contributed by atoms with Gasteiger partial charge in [0.1, 0.15) is 0 Å². The van der Waals surface area contributed by atoms with E-state index in [-0.39, 0.29) is 6.10 Å². The summed E-state index contributed by atoms with van der Waals surface area (Å²) in [6.45, 7) is 11.6. The first-order valence-corrected chi connectivity index (χ1v) is 15.1. The lowest BCUT2D eigenvalue weighted by atomic mass is 9.72. The predicted molar refractivity (Wildman–Crippen MR) is 132 cm³/mol. The molecule has 1 aliphatic carbocycles. The van der Waals surface area contributed by atoms with Gasteiger partial charge in [-0.15, -0.1) is 0 Å². The van der Waals surface area contributed by atoms with E-state index in [1.165, 1.54) is 32.1 Å². The second-order valence-electron chi connectivity index (χ2n) is 9.67. The van der Waals surface area contributed by atoms with Gasteiger partial charge in [-0.1, -0.05) is 82.3 Å². The number of rotatable bonds is 10. The summed E-state index contributed by atoms with van der Waals surface area (Å²) in [4.78, 5) is 0. The van der Waals surface area contributed by atoms with Crippen LogP contribution in [-0.4, -0.2) is 8.32 Å². The molecular formula is C24H39Cl3OSi. The van der Waals surface area contributed by atoms with E-state index in [9.17, 15) is 0 Å². The summed E-state index contributed by atoms with van der Waals surface area (Å²) in [5.74, 6) is 0.852. The average Bonchev–Trinajstić information content (AvgIpc) is 2.66. The molecule has 0 saturated heterocycles. The van der Waals surface area contributed by atoms with Gasteiger partial charge in [-0.25, -0.2) is 0 Å². The van der Waals surface area contributed by atoms with Gasteiger partial charge in [-0.2, -0.15) is 0 Å². The number of halogens is 3. The molecule has 0 N–H and O–H groups in total. The van der Waals surface area contributed by atoms with E-state index in [0.717, 1.165) is 42.5 Å².